The van der Waals surface area contributed by atoms with E-state index >= 15 is 0 Å². The highest BCUT2D eigenvalue weighted by Crippen LogP contribution is 2.18. The molecule has 0 bridgehead atoms. The van der Waals surface area contributed by atoms with E-state index in [-0.39, 0.29) is 0 Å². The molecule has 0 aliphatic heterocycles. The molecule has 0 aromatic carbocycles. The molecular formula is C12H27NO. The van der Waals surface area contributed by atoms with Crippen LogP contribution in [0.25, 0.3) is 0 Å². The zero-order valence-electron chi connectivity index (χ0n) is 10.1. The van der Waals surface area contributed by atoms with E-state index in [1.807, 2.05) is 0 Å². The second-order valence-electron chi connectivity index (χ2n) is 4.11. The Kier molecular flexibility index (Phi) is 9.42. The Morgan fingerprint density at radius 1 is 1.14 bits per heavy atom. The van der Waals surface area contributed by atoms with Gasteiger partial charge in [-0.1, -0.05) is 33.1 Å². The molecule has 0 rings (SSSR count). The zero-order valence-corrected chi connectivity index (χ0v) is 10.1. The molecule has 2 unspecified atom stereocenters. The number of hydrogen-bond acceptors (Lipinski definition) is 2. The summed E-state index contributed by atoms with van der Waals surface area (Å²) in [5.74, 6) is 0.715. The average molecular weight is 201 g/mol. The van der Waals surface area contributed by atoms with Crippen molar-refractivity contribution in [2.24, 2.45) is 11.7 Å². The minimum atomic E-state index is 0.377. The molecule has 0 aliphatic rings. The van der Waals surface area contributed by atoms with Crippen LogP contribution in [0.4, 0.5) is 0 Å². The van der Waals surface area contributed by atoms with E-state index in [9.17, 15) is 0 Å². The molecular weight excluding hydrogens is 174 g/mol. The second kappa shape index (κ2) is 9.47. The van der Waals surface area contributed by atoms with E-state index in [1.54, 1.807) is 7.11 Å². The lowest BCUT2D eigenvalue weighted by Crippen LogP contribution is -2.30. The topological polar surface area (TPSA) is 35.2 Å². The molecule has 0 aromatic heterocycles. The van der Waals surface area contributed by atoms with Crippen molar-refractivity contribution < 1.29 is 4.74 Å². The summed E-state index contributed by atoms with van der Waals surface area (Å²) >= 11 is 0. The van der Waals surface area contributed by atoms with Crippen LogP contribution in [-0.4, -0.2) is 19.8 Å². The Labute approximate surface area is 89.2 Å². The van der Waals surface area contributed by atoms with Crippen LogP contribution < -0.4 is 5.73 Å². The zero-order chi connectivity index (χ0) is 10.8. The number of hydrogen-bond donors (Lipinski definition) is 1. The van der Waals surface area contributed by atoms with Crippen molar-refractivity contribution in [3.8, 4) is 0 Å². The third-order valence-electron chi connectivity index (χ3n) is 2.94. The molecule has 0 radical (unpaired) electrons. The maximum Gasteiger partial charge on any atom is 0.0462 e. The van der Waals surface area contributed by atoms with Gasteiger partial charge in [0.2, 0.25) is 0 Å². The smallest absolute Gasteiger partial charge is 0.0462 e. The summed E-state index contributed by atoms with van der Waals surface area (Å²) in [5.41, 5.74) is 6.15. The lowest BCUT2D eigenvalue weighted by atomic mass is 9.89. The molecule has 0 aromatic rings. The Balaban J connectivity index is 3.61. The highest BCUT2D eigenvalue weighted by atomic mass is 16.5. The molecule has 2 N–H and O–H groups in total. The molecule has 0 aliphatic carbocycles. The Morgan fingerprint density at radius 3 is 2.36 bits per heavy atom. The van der Waals surface area contributed by atoms with Crippen LogP contribution in [0, 0.1) is 5.92 Å². The molecule has 2 heteroatoms. The van der Waals surface area contributed by atoms with Gasteiger partial charge in [-0.2, -0.15) is 0 Å². The van der Waals surface area contributed by atoms with Gasteiger partial charge in [0.25, 0.3) is 0 Å². The van der Waals surface area contributed by atoms with Gasteiger partial charge in [-0.05, 0) is 25.2 Å². The SMILES string of the molecule is CCCCC(CC)C(N)CCCOC. The predicted molar refractivity (Wildman–Crippen MR) is 62.4 cm³/mol. The molecule has 0 saturated carbocycles. The van der Waals surface area contributed by atoms with Gasteiger partial charge in [0.15, 0.2) is 0 Å². The number of unbranched alkanes of at least 4 members (excludes halogenated alkanes) is 1. The molecule has 0 heterocycles. The third-order valence-corrected chi connectivity index (χ3v) is 2.94. The van der Waals surface area contributed by atoms with Gasteiger partial charge in [0.1, 0.15) is 0 Å². The molecule has 86 valence electrons. The maximum absolute atomic E-state index is 6.15. The van der Waals surface area contributed by atoms with Crippen LogP contribution in [0.15, 0.2) is 0 Å². The van der Waals surface area contributed by atoms with Gasteiger partial charge in [0, 0.05) is 19.8 Å². The molecule has 0 spiro atoms. The molecule has 2 atom stereocenters. The first-order valence-corrected chi connectivity index (χ1v) is 6.00. The van der Waals surface area contributed by atoms with Gasteiger partial charge in [-0.3, -0.25) is 0 Å². The predicted octanol–water partition coefficient (Wildman–Crippen LogP) is 2.96. The van der Waals surface area contributed by atoms with Crippen LogP contribution >= 0.6 is 0 Å². The van der Waals surface area contributed by atoms with E-state index in [4.69, 9.17) is 10.5 Å². The largest absolute Gasteiger partial charge is 0.385 e. The number of ether oxygens (including phenoxy) is 1. The van der Waals surface area contributed by atoms with Crippen molar-refractivity contribution in [3.05, 3.63) is 0 Å². The van der Waals surface area contributed by atoms with Gasteiger partial charge in [-0.15, -0.1) is 0 Å². The highest BCUT2D eigenvalue weighted by molar-refractivity contribution is 4.71. The normalized spacial score (nSPS) is 15.4. The van der Waals surface area contributed by atoms with Crippen LogP contribution in [0.2, 0.25) is 0 Å². The number of methoxy groups -OCH3 is 1. The average Bonchev–Trinajstić information content (AvgIpc) is 2.19. The standard InChI is InChI=1S/C12H27NO/c1-4-6-8-11(5-2)12(13)9-7-10-14-3/h11-12H,4-10,13H2,1-3H3. The Hall–Kier alpha value is -0.0800. The first kappa shape index (κ1) is 13.9. The molecule has 2 nitrogen and oxygen atoms in total. The van der Waals surface area contributed by atoms with Crippen molar-refractivity contribution in [1.82, 2.24) is 0 Å². The Morgan fingerprint density at radius 2 is 1.86 bits per heavy atom. The monoisotopic (exact) mass is 201 g/mol. The minimum Gasteiger partial charge on any atom is -0.385 e. The molecule has 0 saturated heterocycles. The van der Waals surface area contributed by atoms with Crippen LogP contribution in [0.1, 0.15) is 52.4 Å². The summed E-state index contributed by atoms with van der Waals surface area (Å²) in [6.07, 6.45) is 7.31. The summed E-state index contributed by atoms with van der Waals surface area (Å²) in [6, 6.07) is 0.377. The fraction of sp³-hybridized carbons (Fsp3) is 1.00. The quantitative estimate of drug-likeness (QED) is 0.582. The summed E-state index contributed by atoms with van der Waals surface area (Å²) in [7, 11) is 1.75. The van der Waals surface area contributed by atoms with E-state index in [0.29, 0.717) is 12.0 Å². The van der Waals surface area contributed by atoms with Crippen LogP contribution in [-0.2, 0) is 4.74 Å². The fourth-order valence-electron chi connectivity index (χ4n) is 1.89. The van der Waals surface area contributed by atoms with E-state index < -0.39 is 0 Å². The van der Waals surface area contributed by atoms with Crippen LogP contribution in [0.5, 0.6) is 0 Å². The maximum atomic E-state index is 6.15. The van der Waals surface area contributed by atoms with E-state index in [1.165, 1.54) is 25.7 Å². The van der Waals surface area contributed by atoms with Gasteiger partial charge in [0.05, 0.1) is 0 Å². The van der Waals surface area contributed by atoms with Gasteiger partial charge in [-0.25, -0.2) is 0 Å². The van der Waals surface area contributed by atoms with Crippen molar-refractivity contribution in [2.75, 3.05) is 13.7 Å². The summed E-state index contributed by atoms with van der Waals surface area (Å²) in [4.78, 5) is 0. The summed E-state index contributed by atoms with van der Waals surface area (Å²) in [5, 5.41) is 0. The van der Waals surface area contributed by atoms with Crippen molar-refractivity contribution in [3.63, 3.8) is 0 Å². The molecule has 0 amide bonds. The highest BCUT2D eigenvalue weighted by Gasteiger charge is 2.14. The Bertz CT molecular complexity index is 117. The number of nitrogens with two attached hydrogens (primary N) is 1. The van der Waals surface area contributed by atoms with E-state index in [2.05, 4.69) is 13.8 Å². The van der Waals surface area contributed by atoms with Crippen molar-refractivity contribution >= 4 is 0 Å². The van der Waals surface area contributed by atoms with Crippen molar-refractivity contribution in [1.29, 1.82) is 0 Å². The first-order chi connectivity index (χ1) is 6.76. The fourth-order valence-corrected chi connectivity index (χ4v) is 1.89. The lowest BCUT2D eigenvalue weighted by molar-refractivity contribution is 0.186. The molecule has 0 fully saturated rings. The second-order valence-corrected chi connectivity index (χ2v) is 4.11. The first-order valence-electron chi connectivity index (χ1n) is 6.00. The summed E-state index contributed by atoms with van der Waals surface area (Å²) in [6.45, 7) is 5.33. The van der Waals surface area contributed by atoms with Gasteiger partial charge < -0.3 is 10.5 Å². The van der Waals surface area contributed by atoms with Crippen molar-refractivity contribution in [2.45, 2.75) is 58.4 Å². The van der Waals surface area contributed by atoms with Gasteiger partial charge >= 0.3 is 0 Å². The lowest BCUT2D eigenvalue weighted by Gasteiger charge is -2.22. The molecule has 14 heavy (non-hydrogen) atoms. The third kappa shape index (κ3) is 6.39. The minimum absolute atomic E-state index is 0.377. The van der Waals surface area contributed by atoms with Crippen LogP contribution in [0.3, 0.4) is 0 Å². The summed E-state index contributed by atoms with van der Waals surface area (Å²) < 4.78 is 5.03. The number of rotatable bonds is 9. The van der Waals surface area contributed by atoms with E-state index in [0.717, 1.165) is 19.4 Å².